The van der Waals surface area contributed by atoms with Crippen LogP contribution in [0, 0.1) is 0 Å². The molecular formula is C17H21N3O4S. The van der Waals surface area contributed by atoms with Gasteiger partial charge in [0.2, 0.25) is 0 Å². The zero-order chi connectivity index (χ0) is 18.4. The Kier molecular flexibility index (Phi) is 6.46. The summed E-state index contributed by atoms with van der Waals surface area (Å²) in [6, 6.07) is 5.20. The number of hydrogen-bond acceptors (Lipinski definition) is 6. The lowest BCUT2D eigenvalue weighted by molar-refractivity contribution is -0.122. The van der Waals surface area contributed by atoms with E-state index < -0.39 is 5.91 Å². The van der Waals surface area contributed by atoms with Crippen LogP contribution >= 0.6 is 11.8 Å². The molecule has 1 aromatic rings. The van der Waals surface area contributed by atoms with Crippen LogP contribution in [-0.4, -0.2) is 48.7 Å². The van der Waals surface area contributed by atoms with Crippen molar-refractivity contribution >= 4 is 34.8 Å². The molecule has 8 heteroatoms. The lowest BCUT2D eigenvalue weighted by Gasteiger charge is -2.11. The maximum absolute atomic E-state index is 12.5. The zero-order valence-corrected chi connectivity index (χ0v) is 15.3. The third kappa shape index (κ3) is 4.54. The van der Waals surface area contributed by atoms with Gasteiger partial charge in [-0.15, -0.1) is 0 Å². The smallest absolute Gasteiger partial charge is 0.266 e. The third-order valence-electron chi connectivity index (χ3n) is 3.35. The number of rotatable bonds is 7. The average Bonchev–Trinajstić information content (AvgIpc) is 2.88. The zero-order valence-electron chi connectivity index (χ0n) is 14.4. The molecule has 0 radical (unpaired) electrons. The van der Waals surface area contributed by atoms with E-state index in [1.807, 2.05) is 13.8 Å². The largest absolute Gasteiger partial charge is 0.493 e. The first-order valence-corrected chi connectivity index (χ1v) is 8.66. The third-order valence-corrected chi connectivity index (χ3v) is 4.40. The van der Waals surface area contributed by atoms with Crippen molar-refractivity contribution in [1.29, 1.82) is 0 Å². The van der Waals surface area contributed by atoms with Gasteiger partial charge in [-0.05, 0) is 49.4 Å². The number of aliphatic imine (C=N–C) groups is 1. The van der Waals surface area contributed by atoms with Crippen LogP contribution in [0.25, 0.3) is 6.08 Å². The van der Waals surface area contributed by atoms with Gasteiger partial charge in [0.15, 0.2) is 23.3 Å². The van der Waals surface area contributed by atoms with Gasteiger partial charge in [-0.25, -0.2) is 0 Å². The Balaban J connectivity index is 2.27. The summed E-state index contributed by atoms with van der Waals surface area (Å²) in [5, 5.41) is 0.717. The van der Waals surface area contributed by atoms with Crippen LogP contribution in [0.15, 0.2) is 28.1 Å². The minimum absolute atomic E-state index is 0.0623. The highest BCUT2D eigenvalue weighted by Gasteiger charge is 2.31. The minimum atomic E-state index is -0.566. The minimum Gasteiger partial charge on any atom is -0.493 e. The number of hydrogen-bond donors (Lipinski definition) is 1. The van der Waals surface area contributed by atoms with Crippen LogP contribution in [-0.2, 0) is 9.59 Å². The van der Waals surface area contributed by atoms with Crippen LogP contribution in [0.1, 0.15) is 19.4 Å². The molecule has 7 nitrogen and oxygen atoms in total. The number of likely N-dealkylation sites (N-methyl/N-ethyl adjacent to an activating group) is 1. The highest BCUT2D eigenvalue weighted by Crippen LogP contribution is 2.34. The second-order valence-electron chi connectivity index (χ2n) is 5.08. The molecule has 0 atom stereocenters. The molecule has 0 saturated carbocycles. The van der Waals surface area contributed by atoms with E-state index >= 15 is 0 Å². The van der Waals surface area contributed by atoms with Gasteiger partial charge in [-0.2, -0.15) is 0 Å². The number of amides is 2. The van der Waals surface area contributed by atoms with Crippen molar-refractivity contribution in [3.05, 3.63) is 28.7 Å². The molecule has 2 N–H and O–H groups in total. The molecule has 0 unspecified atom stereocenters. The number of methoxy groups -OCH3 is 1. The van der Waals surface area contributed by atoms with E-state index in [1.165, 1.54) is 18.9 Å². The standard InChI is InChI=1S/C17H21N3O4S/c1-4-19-17-20(5-2)16(22)14(25-17)9-11-6-7-12(13(8-11)23-3)24-10-15(18)21/h6-9H,4-5,10H2,1-3H3,(H2,18,21)/b14-9+,19-17?. The highest BCUT2D eigenvalue weighted by molar-refractivity contribution is 8.18. The molecule has 1 aromatic carbocycles. The predicted molar refractivity (Wildman–Crippen MR) is 98.6 cm³/mol. The number of benzene rings is 1. The summed E-state index contributed by atoms with van der Waals surface area (Å²) in [5.41, 5.74) is 5.86. The molecule has 0 aromatic heterocycles. The summed E-state index contributed by atoms with van der Waals surface area (Å²) in [7, 11) is 1.50. The van der Waals surface area contributed by atoms with E-state index in [0.717, 1.165) is 10.7 Å². The number of primary amides is 1. The van der Waals surface area contributed by atoms with E-state index in [2.05, 4.69) is 4.99 Å². The SMILES string of the molecule is CCN=C1S/C(=C/c2ccc(OCC(N)=O)c(OC)c2)C(=O)N1CC. The molecule has 0 aliphatic carbocycles. The Morgan fingerprint density at radius 2 is 2.12 bits per heavy atom. The normalized spacial score (nSPS) is 17.4. The van der Waals surface area contributed by atoms with Crippen molar-refractivity contribution in [2.75, 3.05) is 26.8 Å². The lowest BCUT2D eigenvalue weighted by atomic mass is 10.2. The molecule has 1 heterocycles. The number of carbonyl (C=O) groups is 2. The van der Waals surface area contributed by atoms with Crippen molar-refractivity contribution in [1.82, 2.24) is 4.90 Å². The molecule has 2 amide bonds. The number of carbonyl (C=O) groups excluding carboxylic acids is 2. The summed E-state index contributed by atoms with van der Waals surface area (Å²) in [5.74, 6) is 0.245. The van der Waals surface area contributed by atoms with Gasteiger partial charge in [-0.1, -0.05) is 6.07 Å². The maximum atomic E-state index is 12.5. The number of ether oxygens (including phenoxy) is 2. The Morgan fingerprint density at radius 3 is 2.72 bits per heavy atom. The van der Waals surface area contributed by atoms with Gasteiger partial charge in [-0.3, -0.25) is 19.5 Å². The molecule has 1 aliphatic heterocycles. The first kappa shape index (κ1) is 18.9. The molecule has 1 saturated heterocycles. The van der Waals surface area contributed by atoms with E-state index in [1.54, 1.807) is 29.2 Å². The monoisotopic (exact) mass is 363 g/mol. The molecular weight excluding hydrogens is 342 g/mol. The number of amidine groups is 1. The lowest BCUT2D eigenvalue weighted by Crippen LogP contribution is -2.28. The molecule has 134 valence electrons. The Bertz CT molecular complexity index is 731. The Labute approximate surface area is 150 Å². The summed E-state index contributed by atoms with van der Waals surface area (Å²) >= 11 is 1.36. The summed E-state index contributed by atoms with van der Waals surface area (Å²) in [6.45, 7) is 4.82. The topological polar surface area (TPSA) is 94.2 Å². The van der Waals surface area contributed by atoms with Crippen molar-refractivity contribution in [2.24, 2.45) is 10.7 Å². The van der Waals surface area contributed by atoms with Crippen molar-refractivity contribution in [3.8, 4) is 11.5 Å². The van der Waals surface area contributed by atoms with Crippen molar-refractivity contribution in [3.63, 3.8) is 0 Å². The fourth-order valence-corrected chi connectivity index (χ4v) is 3.34. The van der Waals surface area contributed by atoms with Crippen molar-refractivity contribution < 1.29 is 19.1 Å². The quantitative estimate of drug-likeness (QED) is 0.747. The van der Waals surface area contributed by atoms with E-state index in [9.17, 15) is 9.59 Å². The fourth-order valence-electron chi connectivity index (χ4n) is 2.23. The fraction of sp³-hybridized carbons (Fsp3) is 0.353. The van der Waals surface area contributed by atoms with Crippen LogP contribution < -0.4 is 15.2 Å². The van der Waals surface area contributed by atoms with Gasteiger partial charge in [0.1, 0.15) is 0 Å². The Hall–Kier alpha value is -2.48. The van der Waals surface area contributed by atoms with Crippen molar-refractivity contribution in [2.45, 2.75) is 13.8 Å². The predicted octanol–water partition coefficient (Wildman–Crippen LogP) is 1.87. The second kappa shape index (κ2) is 8.57. The van der Waals surface area contributed by atoms with E-state index in [-0.39, 0.29) is 12.5 Å². The summed E-state index contributed by atoms with van der Waals surface area (Å²) < 4.78 is 10.6. The molecule has 1 aliphatic rings. The van der Waals surface area contributed by atoms with E-state index in [4.69, 9.17) is 15.2 Å². The molecule has 25 heavy (non-hydrogen) atoms. The molecule has 0 spiro atoms. The van der Waals surface area contributed by atoms with Gasteiger partial charge < -0.3 is 15.2 Å². The van der Waals surface area contributed by atoms with Crippen LogP contribution in [0.5, 0.6) is 11.5 Å². The summed E-state index contributed by atoms with van der Waals surface area (Å²) in [6.07, 6.45) is 1.79. The average molecular weight is 363 g/mol. The highest BCUT2D eigenvalue weighted by atomic mass is 32.2. The van der Waals surface area contributed by atoms with Crippen LogP contribution in [0.3, 0.4) is 0 Å². The van der Waals surface area contributed by atoms with E-state index in [0.29, 0.717) is 29.5 Å². The first-order valence-electron chi connectivity index (χ1n) is 7.85. The first-order chi connectivity index (χ1) is 12.0. The maximum Gasteiger partial charge on any atom is 0.266 e. The van der Waals surface area contributed by atoms with Gasteiger partial charge in [0, 0.05) is 13.1 Å². The van der Waals surface area contributed by atoms with Crippen LogP contribution in [0.2, 0.25) is 0 Å². The number of nitrogens with zero attached hydrogens (tertiary/aromatic N) is 2. The van der Waals surface area contributed by atoms with Gasteiger partial charge in [0.05, 0.1) is 12.0 Å². The molecule has 2 rings (SSSR count). The summed E-state index contributed by atoms with van der Waals surface area (Å²) in [4.78, 5) is 29.9. The Morgan fingerprint density at radius 1 is 1.36 bits per heavy atom. The second-order valence-corrected chi connectivity index (χ2v) is 6.09. The van der Waals surface area contributed by atoms with Gasteiger partial charge in [0.25, 0.3) is 11.8 Å². The molecule has 1 fully saturated rings. The van der Waals surface area contributed by atoms with Crippen LogP contribution in [0.4, 0.5) is 0 Å². The number of nitrogens with two attached hydrogens (primary N) is 1. The number of thioether (sulfide) groups is 1. The van der Waals surface area contributed by atoms with Gasteiger partial charge >= 0.3 is 0 Å². The molecule has 0 bridgehead atoms.